The number of halogens is 2. The summed E-state index contributed by atoms with van der Waals surface area (Å²) in [5.74, 6) is 0. The Morgan fingerprint density at radius 3 is 2.76 bits per heavy atom. The molecule has 2 N–H and O–H groups in total. The van der Waals surface area contributed by atoms with Crippen molar-refractivity contribution in [3.05, 3.63) is 56.9 Å². The minimum Gasteiger partial charge on any atom is -0.446 e. The number of rotatable bonds is 3. The van der Waals surface area contributed by atoms with E-state index in [-0.39, 0.29) is 17.7 Å². The van der Waals surface area contributed by atoms with Crippen molar-refractivity contribution in [1.82, 2.24) is 4.57 Å². The Morgan fingerprint density at radius 1 is 1.24 bits per heavy atom. The molecule has 1 aliphatic rings. The lowest BCUT2D eigenvalue weighted by Gasteiger charge is -2.29. The van der Waals surface area contributed by atoms with Crippen molar-refractivity contribution in [2.75, 3.05) is 0 Å². The van der Waals surface area contributed by atoms with Crippen LogP contribution in [0.3, 0.4) is 0 Å². The molecular formula is C18H18Cl2N2O3. The van der Waals surface area contributed by atoms with E-state index in [1.165, 1.54) is 0 Å². The fourth-order valence-corrected chi connectivity index (χ4v) is 3.74. The first-order valence-electron chi connectivity index (χ1n) is 8.08. The zero-order chi connectivity index (χ0) is 18.0. The highest BCUT2D eigenvalue weighted by atomic mass is 35.5. The number of hydrogen-bond acceptors (Lipinski definition) is 3. The molecule has 0 aliphatic heterocycles. The van der Waals surface area contributed by atoms with Gasteiger partial charge in [0.2, 0.25) is 0 Å². The number of nitrogens with two attached hydrogens (primary N) is 1. The maximum absolute atomic E-state index is 12.6. The number of carbonyl (C=O) groups is 1. The van der Waals surface area contributed by atoms with Gasteiger partial charge in [-0.1, -0.05) is 35.3 Å². The Morgan fingerprint density at radius 2 is 2.04 bits per heavy atom. The smallest absolute Gasteiger partial charge is 0.404 e. The number of amides is 1. The molecule has 0 bridgehead atoms. The maximum Gasteiger partial charge on any atom is 0.404 e. The van der Waals surface area contributed by atoms with E-state index in [9.17, 15) is 9.59 Å². The van der Waals surface area contributed by atoms with Crippen LogP contribution in [-0.2, 0) is 4.74 Å². The number of nitrogens with zero attached hydrogens (tertiary/aromatic N) is 1. The number of primary amides is 1. The van der Waals surface area contributed by atoms with Crippen LogP contribution < -0.4 is 11.3 Å². The van der Waals surface area contributed by atoms with Crippen LogP contribution in [0.1, 0.15) is 31.7 Å². The molecule has 1 aromatic heterocycles. The number of carbonyl (C=O) groups excluding carboxylic acids is 1. The van der Waals surface area contributed by atoms with E-state index in [2.05, 4.69) is 0 Å². The second-order valence-electron chi connectivity index (χ2n) is 6.14. The van der Waals surface area contributed by atoms with Gasteiger partial charge in [-0.05, 0) is 37.0 Å². The largest absolute Gasteiger partial charge is 0.446 e. The van der Waals surface area contributed by atoms with Gasteiger partial charge in [0.25, 0.3) is 5.56 Å². The van der Waals surface area contributed by atoms with Crippen molar-refractivity contribution in [1.29, 1.82) is 0 Å². The SMILES string of the molecule is NC(=O)OC1CCCC(n2ccc(-c3cccc(Cl)c3Cl)cc2=O)C1. The van der Waals surface area contributed by atoms with Gasteiger partial charge in [-0.25, -0.2) is 4.79 Å². The molecular weight excluding hydrogens is 363 g/mol. The van der Waals surface area contributed by atoms with E-state index < -0.39 is 6.09 Å². The number of pyridine rings is 1. The minimum absolute atomic E-state index is 0.0190. The van der Waals surface area contributed by atoms with E-state index in [0.717, 1.165) is 30.4 Å². The third-order valence-corrected chi connectivity index (χ3v) is 5.30. The standard InChI is InChI=1S/C18H18Cl2N2O3/c19-15-6-2-5-14(17(15)20)11-7-8-22(16(23)9-11)12-3-1-4-13(10-12)25-18(21)24/h2,5-9,12-13H,1,3-4,10H2,(H2,21,24). The highest BCUT2D eigenvalue weighted by Gasteiger charge is 2.26. The molecule has 0 saturated heterocycles. The van der Waals surface area contributed by atoms with Crippen LogP contribution >= 0.6 is 23.2 Å². The van der Waals surface area contributed by atoms with Crippen LogP contribution in [0.25, 0.3) is 11.1 Å². The molecule has 1 aliphatic carbocycles. The van der Waals surface area contributed by atoms with Gasteiger partial charge < -0.3 is 15.0 Å². The van der Waals surface area contributed by atoms with E-state index in [1.54, 1.807) is 29.0 Å². The lowest BCUT2D eigenvalue weighted by atomic mass is 9.92. The van der Waals surface area contributed by atoms with Crippen molar-refractivity contribution in [3.63, 3.8) is 0 Å². The summed E-state index contributed by atoms with van der Waals surface area (Å²) in [7, 11) is 0. The van der Waals surface area contributed by atoms with Gasteiger partial charge in [-0.3, -0.25) is 4.79 Å². The second-order valence-corrected chi connectivity index (χ2v) is 6.93. The van der Waals surface area contributed by atoms with E-state index >= 15 is 0 Å². The van der Waals surface area contributed by atoms with Gasteiger partial charge >= 0.3 is 6.09 Å². The van der Waals surface area contributed by atoms with Gasteiger partial charge in [0.1, 0.15) is 6.10 Å². The van der Waals surface area contributed by atoms with Gasteiger partial charge in [0.15, 0.2) is 0 Å². The highest BCUT2D eigenvalue weighted by molar-refractivity contribution is 6.43. The van der Waals surface area contributed by atoms with Crippen molar-refractivity contribution < 1.29 is 9.53 Å². The quantitative estimate of drug-likeness (QED) is 0.856. The summed E-state index contributed by atoms with van der Waals surface area (Å²) in [4.78, 5) is 23.5. The molecule has 132 valence electrons. The van der Waals surface area contributed by atoms with Gasteiger partial charge in [0, 0.05) is 30.3 Å². The summed E-state index contributed by atoms with van der Waals surface area (Å²) < 4.78 is 6.78. The van der Waals surface area contributed by atoms with Gasteiger partial charge in [-0.15, -0.1) is 0 Å². The Kier molecular flexibility index (Phi) is 5.35. The van der Waals surface area contributed by atoms with Crippen LogP contribution in [0.4, 0.5) is 4.79 Å². The molecule has 2 aromatic rings. The molecule has 1 fully saturated rings. The molecule has 7 heteroatoms. The number of hydrogen-bond donors (Lipinski definition) is 1. The summed E-state index contributed by atoms with van der Waals surface area (Å²) in [5, 5.41) is 0.871. The van der Waals surface area contributed by atoms with Crippen LogP contribution in [0.2, 0.25) is 10.0 Å². The fourth-order valence-electron chi connectivity index (χ4n) is 3.33. The molecule has 2 unspecified atom stereocenters. The van der Waals surface area contributed by atoms with Crippen LogP contribution in [-0.4, -0.2) is 16.8 Å². The predicted octanol–water partition coefficient (Wildman–Crippen LogP) is 4.40. The van der Waals surface area contributed by atoms with Crippen molar-refractivity contribution >= 4 is 29.3 Å². The summed E-state index contributed by atoms with van der Waals surface area (Å²) >= 11 is 12.3. The molecule has 1 saturated carbocycles. The highest BCUT2D eigenvalue weighted by Crippen LogP contribution is 2.34. The maximum atomic E-state index is 12.6. The number of benzene rings is 1. The van der Waals surface area contributed by atoms with Crippen molar-refractivity contribution in [3.8, 4) is 11.1 Å². The summed E-state index contributed by atoms with van der Waals surface area (Å²) in [6.07, 6.45) is 3.82. The molecule has 3 rings (SSSR count). The Hall–Kier alpha value is -1.98. The van der Waals surface area contributed by atoms with Gasteiger partial charge in [0.05, 0.1) is 10.0 Å². The third-order valence-electron chi connectivity index (χ3n) is 4.49. The van der Waals surface area contributed by atoms with Crippen molar-refractivity contribution in [2.24, 2.45) is 5.73 Å². The summed E-state index contributed by atoms with van der Waals surface area (Å²) in [6, 6.07) is 8.70. The first-order valence-corrected chi connectivity index (χ1v) is 8.84. The Labute approximate surface area is 155 Å². The summed E-state index contributed by atoms with van der Waals surface area (Å²) in [6.45, 7) is 0. The van der Waals surface area contributed by atoms with Crippen molar-refractivity contribution in [2.45, 2.75) is 37.8 Å². The Bertz CT molecular complexity index is 850. The average molecular weight is 381 g/mol. The van der Waals surface area contributed by atoms with E-state index in [1.807, 2.05) is 12.1 Å². The lowest BCUT2D eigenvalue weighted by Crippen LogP contribution is -2.33. The van der Waals surface area contributed by atoms with Gasteiger partial charge in [-0.2, -0.15) is 0 Å². The summed E-state index contributed by atoms with van der Waals surface area (Å²) in [5.41, 5.74) is 6.40. The molecule has 25 heavy (non-hydrogen) atoms. The number of aromatic nitrogens is 1. The molecule has 1 heterocycles. The topological polar surface area (TPSA) is 74.3 Å². The predicted molar refractivity (Wildman–Crippen MR) is 98.1 cm³/mol. The second kappa shape index (κ2) is 7.50. The normalized spacial score (nSPS) is 20.2. The first kappa shape index (κ1) is 17.8. The van der Waals surface area contributed by atoms with E-state index in [0.29, 0.717) is 16.5 Å². The molecule has 0 spiro atoms. The van der Waals surface area contributed by atoms with Crippen LogP contribution in [0.15, 0.2) is 41.3 Å². The molecule has 1 amide bonds. The zero-order valence-corrected chi connectivity index (χ0v) is 15.0. The lowest BCUT2D eigenvalue weighted by molar-refractivity contribution is 0.0674. The first-order chi connectivity index (χ1) is 12.0. The molecule has 2 atom stereocenters. The Balaban J connectivity index is 1.86. The monoisotopic (exact) mass is 380 g/mol. The van der Waals surface area contributed by atoms with E-state index in [4.69, 9.17) is 33.7 Å². The number of ether oxygens (including phenoxy) is 1. The molecule has 0 radical (unpaired) electrons. The zero-order valence-electron chi connectivity index (χ0n) is 13.5. The average Bonchev–Trinajstić information content (AvgIpc) is 2.57. The van der Waals surface area contributed by atoms with Crippen LogP contribution in [0.5, 0.6) is 0 Å². The molecule has 1 aromatic carbocycles. The fraction of sp³-hybridized carbons (Fsp3) is 0.333. The molecule has 5 nitrogen and oxygen atoms in total. The van der Waals surface area contributed by atoms with Crippen LogP contribution in [0, 0.1) is 0 Å². The minimum atomic E-state index is -0.774. The third kappa shape index (κ3) is 3.99.